The first-order valence-corrected chi connectivity index (χ1v) is 6.56. The van der Waals surface area contributed by atoms with Crippen LogP contribution in [0.25, 0.3) is 0 Å². The Balaban J connectivity index is 1.84. The van der Waals surface area contributed by atoms with Gasteiger partial charge in [-0.3, -0.25) is 0 Å². The maximum Gasteiger partial charge on any atom is 0.106 e. The molecule has 88 valence electrons. The van der Waals surface area contributed by atoms with E-state index >= 15 is 0 Å². The number of rotatable bonds is 3. The standard InChI is InChI=1S/C13H21N3/c1-9-15-12-4-2-3-5-13(12)16(9)8-11(14)10-6-7-10/h10-11H,2-8,14H2,1H3. The lowest BCUT2D eigenvalue weighted by Crippen LogP contribution is -2.29. The molecule has 1 unspecified atom stereocenters. The third kappa shape index (κ3) is 1.77. The second-order valence-electron chi connectivity index (χ2n) is 5.37. The van der Waals surface area contributed by atoms with Crippen LogP contribution in [0.15, 0.2) is 0 Å². The predicted octanol–water partition coefficient (Wildman–Crippen LogP) is 1.81. The topological polar surface area (TPSA) is 43.8 Å². The minimum Gasteiger partial charge on any atom is -0.330 e. The molecule has 1 heterocycles. The summed E-state index contributed by atoms with van der Waals surface area (Å²) in [6.07, 6.45) is 7.65. The van der Waals surface area contributed by atoms with Gasteiger partial charge < -0.3 is 10.3 Å². The van der Waals surface area contributed by atoms with Gasteiger partial charge >= 0.3 is 0 Å². The Labute approximate surface area is 97.0 Å². The third-order valence-corrected chi connectivity index (χ3v) is 4.04. The highest BCUT2D eigenvalue weighted by molar-refractivity contribution is 5.20. The molecule has 0 spiro atoms. The first-order chi connectivity index (χ1) is 7.75. The minimum atomic E-state index is 0.346. The Bertz CT molecular complexity index is 390. The normalized spacial score (nSPS) is 21.9. The van der Waals surface area contributed by atoms with E-state index in [0.717, 1.165) is 12.5 Å². The van der Waals surface area contributed by atoms with Crippen molar-refractivity contribution in [2.24, 2.45) is 11.7 Å². The molecular formula is C13H21N3. The highest BCUT2D eigenvalue weighted by atomic mass is 15.1. The molecule has 2 aliphatic carbocycles. The van der Waals surface area contributed by atoms with Crippen molar-refractivity contribution in [2.45, 2.75) is 58.0 Å². The molecule has 0 aliphatic heterocycles. The van der Waals surface area contributed by atoms with Crippen molar-refractivity contribution in [3.05, 3.63) is 17.2 Å². The molecule has 2 N–H and O–H groups in total. The average molecular weight is 219 g/mol. The van der Waals surface area contributed by atoms with Crippen LogP contribution in [-0.2, 0) is 19.4 Å². The number of fused-ring (bicyclic) bond motifs is 1. The van der Waals surface area contributed by atoms with Gasteiger partial charge in [-0.2, -0.15) is 0 Å². The van der Waals surface area contributed by atoms with E-state index in [9.17, 15) is 0 Å². The molecule has 0 bridgehead atoms. The Morgan fingerprint density at radius 3 is 2.88 bits per heavy atom. The quantitative estimate of drug-likeness (QED) is 0.842. The smallest absolute Gasteiger partial charge is 0.106 e. The minimum absolute atomic E-state index is 0.346. The van der Waals surface area contributed by atoms with Crippen LogP contribution >= 0.6 is 0 Å². The van der Waals surface area contributed by atoms with Gasteiger partial charge in [-0.1, -0.05) is 0 Å². The van der Waals surface area contributed by atoms with Gasteiger partial charge in [-0.05, 0) is 51.4 Å². The van der Waals surface area contributed by atoms with Crippen LogP contribution < -0.4 is 5.73 Å². The lowest BCUT2D eigenvalue weighted by molar-refractivity contribution is 0.479. The first-order valence-electron chi connectivity index (χ1n) is 6.56. The summed E-state index contributed by atoms with van der Waals surface area (Å²) in [5, 5.41) is 0. The second kappa shape index (κ2) is 3.88. The van der Waals surface area contributed by atoms with Gasteiger partial charge in [0.05, 0.1) is 5.69 Å². The van der Waals surface area contributed by atoms with Gasteiger partial charge in [0.2, 0.25) is 0 Å². The summed E-state index contributed by atoms with van der Waals surface area (Å²) in [7, 11) is 0. The largest absolute Gasteiger partial charge is 0.330 e. The summed E-state index contributed by atoms with van der Waals surface area (Å²) in [6, 6.07) is 0.346. The van der Waals surface area contributed by atoms with E-state index in [4.69, 9.17) is 10.7 Å². The highest BCUT2D eigenvalue weighted by Gasteiger charge is 2.30. The summed E-state index contributed by atoms with van der Waals surface area (Å²) in [4.78, 5) is 4.69. The zero-order chi connectivity index (χ0) is 11.1. The maximum absolute atomic E-state index is 6.22. The fraction of sp³-hybridized carbons (Fsp3) is 0.769. The van der Waals surface area contributed by atoms with Gasteiger partial charge in [0.1, 0.15) is 5.82 Å². The number of nitrogens with two attached hydrogens (primary N) is 1. The fourth-order valence-electron chi connectivity index (χ4n) is 2.86. The summed E-state index contributed by atoms with van der Waals surface area (Å²) < 4.78 is 2.39. The van der Waals surface area contributed by atoms with E-state index in [0.29, 0.717) is 6.04 Å². The summed E-state index contributed by atoms with van der Waals surface area (Å²) in [5.41, 5.74) is 9.04. The van der Waals surface area contributed by atoms with Crippen LogP contribution in [0.5, 0.6) is 0 Å². The Kier molecular flexibility index (Phi) is 2.51. The fourth-order valence-corrected chi connectivity index (χ4v) is 2.86. The lowest BCUT2D eigenvalue weighted by atomic mass is 10.0. The van der Waals surface area contributed by atoms with Crippen molar-refractivity contribution < 1.29 is 0 Å². The Hall–Kier alpha value is -0.830. The van der Waals surface area contributed by atoms with Gasteiger partial charge in [-0.15, -0.1) is 0 Å². The van der Waals surface area contributed by atoms with Gasteiger partial charge in [0.25, 0.3) is 0 Å². The molecule has 3 nitrogen and oxygen atoms in total. The first kappa shape index (κ1) is 10.3. The molecule has 3 rings (SSSR count). The molecular weight excluding hydrogens is 198 g/mol. The zero-order valence-corrected chi connectivity index (χ0v) is 10.1. The predicted molar refractivity (Wildman–Crippen MR) is 64.3 cm³/mol. The van der Waals surface area contributed by atoms with Gasteiger partial charge in [-0.25, -0.2) is 4.98 Å². The van der Waals surface area contributed by atoms with Crippen molar-refractivity contribution in [2.75, 3.05) is 0 Å². The molecule has 16 heavy (non-hydrogen) atoms. The van der Waals surface area contributed by atoms with E-state index in [1.807, 2.05) is 0 Å². The van der Waals surface area contributed by atoms with Crippen molar-refractivity contribution in [3.63, 3.8) is 0 Å². The van der Waals surface area contributed by atoms with E-state index in [1.54, 1.807) is 0 Å². The van der Waals surface area contributed by atoms with Crippen molar-refractivity contribution in [3.8, 4) is 0 Å². The molecule has 1 aromatic rings. The van der Waals surface area contributed by atoms with Crippen LogP contribution in [0.3, 0.4) is 0 Å². The molecule has 1 fully saturated rings. The summed E-state index contributed by atoms with van der Waals surface area (Å²) in [6.45, 7) is 3.11. The molecule has 2 aliphatic rings. The molecule has 0 saturated heterocycles. The van der Waals surface area contributed by atoms with E-state index in [1.165, 1.54) is 55.7 Å². The van der Waals surface area contributed by atoms with Crippen LogP contribution in [0.2, 0.25) is 0 Å². The third-order valence-electron chi connectivity index (χ3n) is 4.04. The lowest BCUT2D eigenvalue weighted by Gasteiger charge is -2.18. The van der Waals surface area contributed by atoms with Crippen molar-refractivity contribution >= 4 is 0 Å². The molecule has 0 amide bonds. The molecule has 3 heteroatoms. The van der Waals surface area contributed by atoms with Crippen LogP contribution in [0, 0.1) is 12.8 Å². The number of hydrogen-bond donors (Lipinski definition) is 1. The van der Waals surface area contributed by atoms with Crippen LogP contribution in [0.1, 0.15) is 42.9 Å². The number of aromatic nitrogens is 2. The Morgan fingerprint density at radius 2 is 2.12 bits per heavy atom. The van der Waals surface area contributed by atoms with E-state index in [-0.39, 0.29) is 0 Å². The number of aryl methyl sites for hydroxylation is 2. The van der Waals surface area contributed by atoms with Gasteiger partial charge in [0.15, 0.2) is 0 Å². The SMILES string of the molecule is Cc1nc2c(n1CC(N)C1CC1)CCCC2. The van der Waals surface area contributed by atoms with Crippen molar-refractivity contribution in [1.29, 1.82) is 0 Å². The number of nitrogens with zero attached hydrogens (tertiary/aromatic N) is 2. The average Bonchev–Trinajstić information content (AvgIpc) is 3.06. The number of imidazole rings is 1. The van der Waals surface area contributed by atoms with Crippen LogP contribution in [-0.4, -0.2) is 15.6 Å². The second-order valence-corrected chi connectivity index (χ2v) is 5.37. The van der Waals surface area contributed by atoms with Crippen molar-refractivity contribution in [1.82, 2.24) is 9.55 Å². The van der Waals surface area contributed by atoms with E-state index < -0.39 is 0 Å². The maximum atomic E-state index is 6.22. The van der Waals surface area contributed by atoms with Crippen LogP contribution in [0.4, 0.5) is 0 Å². The molecule has 0 aromatic carbocycles. The monoisotopic (exact) mass is 219 g/mol. The van der Waals surface area contributed by atoms with E-state index in [2.05, 4.69) is 11.5 Å². The highest BCUT2D eigenvalue weighted by Crippen LogP contribution is 2.33. The summed E-state index contributed by atoms with van der Waals surface area (Å²) in [5.74, 6) is 1.95. The summed E-state index contributed by atoms with van der Waals surface area (Å²) >= 11 is 0. The zero-order valence-electron chi connectivity index (χ0n) is 10.1. The molecule has 0 radical (unpaired) electrons. The Morgan fingerprint density at radius 1 is 1.38 bits per heavy atom. The molecule has 1 aromatic heterocycles. The van der Waals surface area contributed by atoms with Gasteiger partial charge in [0, 0.05) is 18.3 Å². The number of hydrogen-bond acceptors (Lipinski definition) is 2. The molecule has 1 atom stereocenters. The molecule has 1 saturated carbocycles.